The highest BCUT2D eigenvalue weighted by atomic mass is 16.3. The number of aromatic hydroxyl groups is 1. The summed E-state index contributed by atoms with van der Waals surface area (Å²) >= 11 is 0. The maximum Gasteiger partial charge on any atom is 0.116 e. The van der Waals surface area contributed by atoms with Crippen molar-refractivity contribution in [3.8, 4) is 11.8 Å². The minimum Gasteiger partial charge on any atom is -0.508 e. The van der Waals surface area contributed by atoms with Crippen molar-refractivity contribution in [2.45, 2.75) is 13.8 Å². The Kier molecular flexibility index (Phi) is 1.82. The van der Waals surface area contributed by atoms with E-state index >= 15 is 0 Å². The average Bonchev–Trinajstić information content (AvgIpc) is 1.85. The smallest absolute Gasteiger partial charge is 0.116 e. The van der Waals surface area contributed by atoms with Gasteiger partial charge in [0.05, 0.1) is 11.6 Å². The highest BCUT2D eigenvalue weighted by Gasteiger charge is 2.02. The topological polar surface area (TPSA) is 44.0 Å². The van der Waals surface area contributed by atoms with Gasteiger partial charge in [-0.1, -0.05) is 0 Å². The number of nitrogens with zero attached hydrogens (tertiary/aromatic N) is 1. The fourth-order valence-corrected chi connectivity index (χ4v) is 1.12. The first-order chi connectivity index (χ1) is 5.15. The van der Waals surface area contributed by atoms with E-state index in [1.54, 1.807) is 12.1 Å². The summed E-state index contributed by atoms with van der Waals surface area (Å²) < 4.78 is 0. The van der Waals surface area contributed by atoms with Crippen LogP contribution >= 0.6 is 0 Å². The molecule has 2 heteroatoms. The van der Waals surface area contributed by atoms with Crippen LogP contribution in [0.4, 0.5) is 0 Å². The number of aryl methyl sites for hydroxylation is 2. The molecule has 1 rings (SSSR count). The number of benzene rings is 1. The van der Waals surface area contributed by atoms with Gasteiger partial charge in [-0.2, -0.15) is 5.26 Å². The number of phenolic OH excluding ortho intramolecular Hbond substituents is 1. The van der Waals surface area contributed by atoms with Crippen molar-refractivity contribution in [2.24, 2.45) is 0 Å². The Morgan fingerprint density at radius 2 is 1.73 bits per heavy atom. The van der Waals surface area contributed by atoms with Gasteiger partial charge in [0.1, 0.15) is 5.75 Å². The van der Waals surface area contributed by atoms with Crippen LogP contribution in [0.3, 0.4) is 0 Å². The number of hydrogen-bond donors (Lipinski definition) is 1. The van der Waals surface area contributed by atoms with E-state index in [1.807, 2.05) is 13.8 Å². The third kappa shape index (κ3) is 1.32. The zero-order valence-electron chi connectivity index (χ0n) is 6.55. The van der Waals surface area contributed by atoms with E-state index in [4.69, 9.17) is 10.4 Å². The van der Waals surface area contributed by atoms with Crippen LogP contribution in [0.2, 0.25) is 0 Å². The number of hydrogen-bond acceptors (Lipinski definition) is 2. The average molecular weight is 147 g/mol. The van der Waals surface area contributed by atoms with Gasteiger partial charge in [0.2, 0.25) is 0 Å². The number of nitriles is 1. The number of rotatable bonds is 0. The SMILES string of the molecule is Cc1cc(O)cc(C)c1C#N. The Hall–Kier alpha value is -1.49. The molecular formula is C9H9NO. The van der Waals surface area contributed by atoms with Crippen molar-refractivity contribution in [1.29, 1.82) is 5.26 Å². The van der Waals surface area contributed by atoms with Gasteiger partial charge in [-0.05, 0) is 37.1 Å². The highest BCUT2D eigenvalue weighted by Crippen LogP contribution is 2.19. The normalized spacial score (nSPS) is 9.18. The lowest BCUT2D eigenvalue weighted by Gasteiger charge is -2.01. The third-order valence-corrected chi connectivity index (χ3v) is 1.63. The van der Waals surface area contributed by atoms with Crippen molar-refractivity contribution in [3.05, 3.63) is 28.8 Å². The second-order valence-corrected chi connectivity index (χ2v) is 2.57. The van der Waals surface area contributed by atoms with Crippen LogP contribution < -0.4 is 0 Å². The van der Waals surface area contributed by atoms with Crippen molar-refractivity contribution in [2.75, 3.05) is 0 Å². The first-order valence-electron chi connectivity index (χ1n) is 3.35. The van der Waals surface area contributed by atoms with Gasteiger partial charge in [0, 0.05) is 0 Å². The second kappa shape index (κ2) is 2.63. The van der Waals surface area contributed by atoms with Crippen LogP contribution in [-0.4, -0.2) is 5.11 Å². The lowest BCUT2D eigenvalue weighted by molar-refractivity contribution is 0.474. The molecule has 0 aliphatic heterocycles. The summed E-state index contributed by atoms with van der Waals surface area (Å²) in [6.45, 7) is 3.62. The zero-order valence-corrected chi connectivity index (χ0v) is 6.55. The molecular weight excluding hydrogens is 138 g/mol. The molecule has 2 nitrogen and oxygen atoms in total. The van der Waals surface area contributed by atoms with Gasteiger partial charge in [0.25, 0.3) is 0 Å². The fourth-order valence-electron chi connectivity index (χ4n) is 1.12. The lowest BCUT2D eigenvalue weighted by Crippen LogP contribution is -1.86. The molecule has 0 heterocycles. The van der Waals surface area contributed by atoms with E-state index in [0.29, 0.717) is 5.56 Å². The highest BCUT2D eigenvalue weighted by molar-refractivity contribution is 5.47. The first-order valence-corrected chi connectivity index (χ1v) is 3.35. The Bertz CT molecular complexity index is 300. The van der Waals surface area contributed by atoms with Crippen molar-refractivity contribution in [1.82, 2.24) is 0 Å². The predicted molar refractivity (Wildman–Crippen MR) is 42.3 cm³/mol. The van der Waals surface area contributed by atoms with Gasteiger partial charge >= 0.3 is 0 Å². The summed E-state index contributed by atoms with van der Waals surface area (Å²) in [5, 5.41) is 17.8. The van der Waals surface area contributed by atoms with Gasteiger partial charge in [-0.25, -0.2) is 0 Å². The van der Waals surface area contributed by atoms with Gasteiger partial charge in [0.15, 0.2) is 0 Å². The molecule has 0 aromatic heterocycles. The molecule has 0 amide bonds. The summed E-state index contributed by atoms with van der Waals surface area (Å²) in [6.07, 6.45) is 0. The maximum atomic E-state index is 9.10. The lowest BCUT2D eigenvalue weighted by atomic mass is 10.0. The summed E-state index contributed by atoms with van der Waals surface area (Å²) in [5.74, 6) is 0.221. The Morgan fingerprint density at radius 1 is 1.27 bits per heavy atom. The second-order valence-electron chi connectivity index (χ2n) is 2.57. The van der Waals surface area contributed by atoms with Crippen LogP contribution in [0, 0.1) is 25.2 Å². The van der Waals surface area contributed by atoms with Crippen LogP contribution in [0.15, 0.2) is 12.1 Å². The zero-order chi connectivity index (χ0) is 8.43. The van der Waals surface area contributed by atoms with Gasteiger partial charge < -0.3 is 5.11 Å². The van der Waals surface area contributed by atoms with Crippen molar-refractivity contribution >= 4 is 0 Å². The van der Waals surface area contributed by atoms with E-state index < -0.39 is 0 Å². The minimum absolute atomic E-state index is 0.221. The van der Waals surface area contributed by atoms with Crippen molar-refractivity contribution < 1.29 is 5.11 Å². The van der Waals surface area contributed by atoms with Gasteiger partial charge in [-0.3, -0.25) is 0 Å². The maximum absolute atomic E-state index is 9.10. The monoisotopic (exact) mass is 147 g/mol. The fraction of sp³-hybridized carbons (Fsp3) is 0.222. The largest absolute Gasteiger partial charge is 0.508 e. The molecule has 11 heavy (non-hydrogen) atoms. The van der Waals surface area contributed by atoms with Crippen LogP contribution in [0.1, 0.15) is 16.7 Å². The summed E-state index contributed by atoms with van der Waals surface area (Å²) in [6, 6.07) is 5.26. The van der Waals surface area contributed by atoms with Crippen LogP contribution in [-0.2, 0) is 0 Å². The molecule has 1 aromatic carbocycles. The third-order valence-electron chi connectivity index (χ3n) is 1.63. The number of phenols is 1. The van der Waals surface area contributed by atoms with Crippen LogP contribution in [0.25, 0.3) is 0 Å². The van der Waals surface area contributed by atoms with E-state index in [1.165, 1.54) is 0 Å². The van der Waals surface area contributed by atoms with E-state index in [-0.39, 0.29) is 5.75 Å². The minimum atomic E-state index is 0.221. The molecule has 0 atom stereocenters. The molecule has 0 saturated carbocycles. The molecule has 1 aromatic rings. The standard InChI is InChI=1S/C9H9NO/c1-6-3-8(11)4-7(2)9(6)5-10/h3-4,11H,1-2H3. The molecule has 0 bridgehead atoms. The van der Waals surface area contributed by atoms with E-state index in [9.17, 15) is 0 Å². The molecule has 0 aliphatic rings. The first kappa shape index (κ1) is 7.62. The molecule has 0 fully saturated rings. The van der Waals surface area contributed by atoms with Crippen molar-refractivity contribution in [3.63, 3.8) is 0 Å². The molecule has 0 radical (unpaired) electrons. The molecule has 56 valence electrons. The van der Waals surface area contributed by atoms with Crippen LogP contribution in [0.5, 0.6) is 5.75 Å². The molecule has 1 N–H and O–H groups in total. The quantitative estimate of drug-likeness (QED) is 0.608. The Balaban J connectivity index is 3.40. The Morgan fingerprint density at radius 3 is 2.09 bits per heavy atom. The van der Waals surface area contributed by atoms with E-state index in [0.717, 1.165) is 11.1 Å². The molecule has 0 saturated heterocycles. The Labute approximate surface area is 65.7 Å². The summed E-state index contributed by atoms with van der Waals surface area (Å²) in [7, 11) is 0. The van der Waals surface area contributed by atoms with Gasteiger partial charge in [-0.15, -0.1) is 0 Å². The molecule has 0 spiro atoms. The summed E-state index contributed by atoms with van der Waals surface area (Å²) in [5.41, 5.74) is 2.30. The predicted octanol–water partition coefficient (Wildman–Crippen LogP) is 1.88. The molecule has 0 unspecified atom stereocenters. The summed E-state index contributed by atoms with van der Waals surface area (Å²) in [4.78, 5) is 0. The van der Waals surface area contributed by atoms with E-state index in [2.05, 4.69) is 6.07 Å². The molecule has 0 aliphatic carbocycles.